The maximum Gasteiger partial charge on any atom is 0.335 e. The first-order valence-corrected chi connectivity index (χ1v) is 9.91. The van der Waals surface area contributed by atoms with E-state index < -0.39 is 5.97 Å². The summed E-state index contributed by atoms with van der Waals surface area (Å²) in [6.45, 7) is 4.15. The second kappa shape index (κ2) is 7.05. The Labute approximate surface area is 177 Å². The number of hydrogen-bond donors (Lipinski definition) is 2. The predicted octanol–water partition coefficient (Wildman–Crippen LogP) is 5.53. The number of carboxylic acids is 1. The van der Waals surface area contributed by atoms with Gasteiger partial charge in [-0.15, -0.1) is 0 Å². The number of H-pyrrole nitrogens is 1. The first-order valence-electron chi connectivity index (χ1n) is 9.91. The zero-order valence-electron chi connectivity index (χ0n) is 16.9. The third kappa shape index (κ3) is 3.06. The molecule has 0 amide bonds. The number of halogens is 1. The van der Waals surface area contributed by atoms with Gasteiger partial charge in [0.05, 0.1) is 28.5 Å². The number of carbonyl (C=O) groups is 1. The van der Waals surface area contributed by atoms with E-state index in [0.29, 0.717) is 5.69 Å². The maximum atomic E-state index is 13.6. The van der Waals surface area contributed by atoms with Crippen LogP contribution in [0.3, 0.4) is 0 Å². The Morgan fingerprint density at radius 2 is 1.90 bits per heavy atom. The van der Waals surface area contributed by atoms with Crippen molar-refractivity contribution in [1.82, 2.24) is 19.7 Å². The van der Waals surface area contributed by atoms with Crippen LogP contribution in [0.1, 0.15) is 35.8 Å². The van der Waals surface area contributed by atoms with Crippen molar-refractivity contribution >= 4 is 27.8 Å². The van der Waals surface area contributed by atoms with E-state index >= 15 is 0 Å². The van der Waals surface area contributed by atoms with E-state index in [1.165, 1.54) is 24.4 Å². The minimum absolute atomic E-state index is 0.0826. The predicted molar refractivity (Wildman–Crippen MR) is 117 cm³/mol. The van der Waals surface area contributed by atoms with E-state index in [-0.39, 0.29) is 17.3 Å². The molecule has 0 radical (unpaired) electrons. The normalized spacial score (nSPS) is 11.6. The van der Waals surface area contributed by atoms with Crippen LogP contribution in [0.15, 0.2) is 60.9 Å². The Bertz CT molecular complexity index is 1450. The molecule has 0 fully saturated rings. The van der Waals surface area contributed by atoms with E-state index in [4.69, 9.17) is 0 Å². The molecule has 0 bridgehead atoms. The number of carboxylic acid groups (broad SMARTS) is 1. The smallest absolute Gasteiger partial charge is 0.335 e. The lowest BCUT2D eigenvalue weighted by atomic mass is 9.99. The van der Waals surface area contributed by atoms with Crippen molar-refractivity contribution in [2.75, 3.05) is 0 Å². The zero-order valence-corrected chi connectivity index (χ0v) is 16.9. The van der Waals surface area contributed by atoms with Gasteiger partial charge in [0.25, 0.3) is 0 Å². The molecular weight excluding hydrogens is 395 g/mol. The molecule has 0 spiro atoms. The summed E-state index contributed by atoms with van der Waals surface area (Å²) >= 11 is 0. The van der Waals surface area contributed by atoms with Crippen LogP contribution in [-0.2, 0) is 0 Å². The number of hydrogen-bond acceptors (Lipinski definition) is 3. The van der Waals surface area contributed by atoms with Gasteiger partial charge < -0.3 is 9.67 Å². The highest BCUT2D eigenvalue weighted by Gasteiger charge is 2.24. The van der Waals surface area contributed by atoms with Crippen LogP contribution in [0.2, 0.25) is 0 Å². The maximum absolute atomic E-state index is 13.6. The molecule has 7 heteroatoms. The number of pyridine rings is 1. The monoisotopic (exact) mass is 414 g/mol. The van der Waals surface area contributed by atoms with E-state index in [0.717, 1.165) is 38.8 Å². The summed E-state index contributed by atoms with van der Waals surface area (Å²) in [5, 5.41) is 18.5. The van der Waals surface area contributed by atoms with Gasteiger partial charge in [-0.25, -0.2) is 9.18 Å². The molecule has 5 rings (SSSR count). The molecule has 2 aromatic carbocycles. The summed E-state index contributed by atoms with van der Waals surface area (Å²) in [6.07, 6.45) is 3.27. The number of aromatic carboxylic acids is 1. The second-order valence-electron chi connectivity index (χ2n) is 7.79. The molecule has 3 heterocycles. The quantitative estimate of drug-likeness (QED) is 0.405. The van der Waals surface area contributed by atoms with Gasteiger partial charge in [0.15, 0.2) is 0 Å². The molecular formula is C24H19FN4O2. The van der Waals surface area contributed by atoms with Crippen LogP contribution in [0.25, 0.3) is 38.8 Å². The van der Waals surface area contributed by atoms with Crippen molar-refractivity contribution in [2.45, 2.75) is 19.8 Å². The van der Waals surface area contributed by atoms with Gasteiger partial charge in [-0.1, -0.05) is 13.8 Å². The first kappa shape index (κ1) is 19.0. The molecule has 154 valence electrons. The van der Waals surface area contributed by atoms with Crippen LogP contribution in [0, 0.1) is 5.82 Å². The molecule has 0 saturated heterocycles. The summed E-state index contributed by atoms with van der Waals surface area (Å²) < 4.78 is 15.7. The minimum atomic E-state index is -1.01. The number of nitrogens with one attached hydrogen (secondary N) is 1. The SMILES string of the molecule is CC(C)c1c(-c2cc(C(=O)O)ccn2)c2cc3[nH]ncc3cc2n1-c1ccc(F)cc1. The van der Waals surface area contributed by atoms with E-state index in [1.54, 1.807) is 24.4 Å². The van der Waals surface area contributed by atoms with Crippen molar-refractivity contribution in [3.05, 3.63) is 78.0 Å². The summed E-state index contributed by atoms with van der Waals surface area (Å²) in [6, 6.07) is 13.5. The Hall–Kier alpha value is -4.00. The first-order chi connectivity index (χ1) is 14.9. The standard InChI is InChI=1S/C24H19FN4O2/c1-13(2)23-22(20-9-14(24(30)31)7-8-26-20)18-11-19-15(12-27-28-19)10-21(18)29(23)17-5-3-16(25)4-6-17/h3-13H,1-2H3,(H,27,28)(H,30,31). The molecule has 0 aliphatic rings. The fourth-order valence-electron chi connectivity index (χ4n) is 4.13. The van der Waals surface area contributed by atoms with Gasteiger partial charge in [0.1, 0.15) is 5.82 Å². The van der Waals surface area contributed by atoms with Crippen LogP contribution < -0.4 is 0 Å². The molecule has 0 atom stereocenters. The number of aromatic nitrogens is 4. The van der Waals surface area contributed by atoms with Crippen LogP contribution in [0.5, 0.6) is 0 Å². The summed E-state index contributed by atoms with van der Waals surface area (Å²) in [7, 11) is 0. The summed E-state index contributed by atoms with van der Waals surface area (Å²) in [4.78, 5) is 16.1. The van der Waals surface area contributed by atoms with Crippen molar-refractivity contribution in [3.8, 4) is 16.9 Å². The molecule has 31 heavy (non-hydrogen) atoms. The largest absolute Gasteiger partial charge is 0.478 e. The number of rotatable bonds is 4. The third-order valence-electron chi connectivity index (χ3n) is 5.46. The zero-order chi connectivity index (χ0) is 21.7. The molecule has 5 aromatic rings. The molecule has 0 aliphatic carbocycles. The minimum Gasteiger partial charge on any atom is -0.478 e. The van der Waals surface area contributed by atoms with E-state index in [9.17, 15) is 14.3 Å². The second-order valence-corrected chi connectivity index (χ2v) is 7.79. The van der Waals surface area contributed by atoms with Crippen molar-refractivity contribution < 1.29 is 14.3 Å². The van der Waals surface area contributed by atoms with Crippen LogP contribution >= 0.6 is 0 Å². The fraction of sp³-hybridized carbons (Fsp3) is 0.125. The van der Waals surface area contributed by atoms with Crippen molar-refractivity contribution in [2.24, 2.45) is 0 Å². The topological polar surface area (TPSA) is 83.8 Å². The van der Waals surface area contributed by atoms with E-state index in [2.05, 4.69) is 33.6 Å². The number of fused-ring (bicyclic) bond motifs is 2. The highest BCUT2D eigenvalue weighted by atomic mass is 19.1. The highest BCUT2D eigenvalue weighted by Crippen LogP contribution is 2.41. The average molecular weight is 414 g/mol. The summed E-state index contributed by atoms with van der Waals surface area (Å²) in [5.74, 6) is -1.23. The lowest BCUT2D eigenvalue weighted by molar-refractivity contribution is 0.0697. The Balaban J connectivity index is 1.94. The van der Waals surface area contributed by atoms with Gasteiger partial charge in [-0.3, -0.25) is 10.1 Å². The van der Waals surface area contributed by atoms with Crippen LogP contribution in [0.4, 0.5) is 4.39 Å². The Morgan fingerprint density at radius 3 is 2.61 bits per heavy atom. The molecule has 0 saturated carbocycles. The lowest BCUT2D eigenvalue weighted by Gasteiger charge is -2.15. The van der Waals surface area contributed by atoms with Gasteiger partial charge in [0.2, 0.25) is 0 Å². The lowest BCUT2D eigenvalue weighted by Crippen LogP contribution is -2.04. The fourth-order valence-corrected chi connectivity index (χ4v) is 4.13. The van der Waals surface area contributed by atoms with Gasteiger partial charge in [0, 0.05) is 33.9 Å². The highest BCUT2D eigenvalue weighted by molar-refractivity contribution is 6.05. The van der Waals surface area contributed by atoms with E-state index in [1.807, 2.05) is 12.1 Å². The summed E-state index contributed by atoms with van der Waals surface area (Å²) in [5.41, 5.74) is 5.18. The van der Waals surface area contributed by atoms with Crippen molar-refractivity contribution in [3.63, 3.8) is 0 Å². The number of nitrogens with zero attached hydrogens (tertiary/aromatic N) is 3. The molecule has 3 aromatic heterocycles. The molecule has 6 nitrogen and oxygen atoms in total. The van der Waals surface area contributed by atoms with Gasteiger partial charge >= 0.3 is 5.97 Å². The Kier molecular flexibility index (Phi) is 4.32. The Morgan fingerprint density at radius 1 is 1.13 bits per heavy atom. The van der Waals surface area contributed by atoms with Crippen molar-refractivity contribution in [1.29, 1.82) is 0 Å². The van der Waals surface area contributed by atoms with Gasteiger partial charge in [-0.2, -0.15) is 5.10 Å². The average Bonchev–Trinajstić information content (AvgIpc) is 3.34. The molecule has 2 N–H and O–H groups in total. The third-order valence-corrected chi connectivity index (χ3v) is 5.46. The number of benzene rings is 2. The number of aromatic amines is 1. The van der Waals surface area contributed by atoms with Gasteiger partial charge in [-0.05, 0) is 54.4 Å². The molecule has 0 unspecified atom stereocenters. The van der Waals surface area contributed by atoms with Crippen LogP contribution in [-0.4, -0.2) is 30.8 Å². The molecule has 0 aliphatic heterocycles.